The zero-order valence-corrected chi connectivity index (χ0v) is 13.2. The fraction of sp³-hybridized carbons (Fsp3) is 0.235. The van der Waals surface area contributed by atoms with Crippen LogP contribution >= 0.6 is 0 Å². The number of aromatic nitrogens is 1. The van der Waals surface area contributed by atoms with Gasteiger partial charge < -0.3 is 15.5 Å². The molecule has 2 N–H and O–H groups in total. The number of carbonyl (C=O) groups excluding carboxylic acids is 2. The van der Waals surface area contributed by atoms with E-state index >= 15 is 0 Å². The van der Waals surface area contributed by atoms with E-state index in [0.29, 0.717) is 24.2 Å². The minimum absolute atomic E-state index is 0.159. The summed E-state index contributed by atoms with van der Waals surface area (Å²) in [5, 5.41) is 5.52. The molecule has 2 aromatic rings. The van der Waals surface area contributed by atoms with Crippen molar-refractivity contribution in [3.63, 3.8) is 0 Å². The molecular formula is C17H20N4O2. The molecule has 0 saturated carbocycles. The van der Waals surface area contributed by atoms with Crippen LogP contribution in [-0.4, -0.2) is 44.0 Å². The van der Waals surface area contributed by atoms with Crippen molar-refractivity contribution in [1.82, 2.24) is 15.6 Å². The number of nitrogens with zero attached hydrogens (tertiary/aromatic N) is 2. The maximum absolute atomic E-state index is 12.0. The van der Waals surface area contributed by atoms with Crippen molar-refractivity contribution in [1.29, 1.82) is 0 Å². The molecular weight excluding hydrogens is 292 g/mol. The van der Waals surface area contributed by atoms with Gasteiger partial charge in [0.1, 0.15) is 0 Å². The zero-order valence-electron chi connectivity index (χ0n) is 13.2. The van der Waals surface area contributed by atoms with Gasteiger partial charge in [-0.3, -0.25) is 14.6 Å². The Hall–Kier alpha value is -2.89. The predicted octanol–water partition coefficient (Wildman–Crippen LogP) is 1.31. The van der Waals surface area contributed by atoms with Crippen molar-refractivity contribution in [2.75, 3.05) is 32.1 Å². The van der Waals surface area contributed by atoms with Crippen molar-refractivity contribution in [2.24, 2.45) is 0 Å². The largest absolute Gasteiger partial charge is 0.378 e. The van der Waals surface area contributed by atoms with Crippen LogP contribution in [0.5, 0.6) is 0 Å². The summed E-state index contributed by atoms with van der Waals surface area (Å²) in [5.74, 6) is -0.342. The van der Waals surface area contributed by atoms with E-state index in [2.05, 4.69) is 15.6 Å². The number of hydrogen-bond acceptors (Lipinski definition) is 4. The molecule has 6 heteroatoms. The van der Waals surface area contributed by atoms with E-state index < -0.39 is 0 Å². The van der Waals surface area contributed by atoms with Gasteiger partial charge in [-0.05, 0) is 36.4 Å². The van der Waals surface area contributed by atoms with Crippen molar-refractivity contribution in [3.8, 4) is 0 Å². The summed E-state index contributed by atoms with van der Waals surface area (Å²) < 4.78 is 0. The number of benzene rings is 1. The lowest BCUT2D eigenvalue weighted by Crippen LogP contribution is -2.34. The Labute approximate surface area is 135 Å². The fourth-order valence-corrected chi connectivity index (χ4v) is 1.97. The van der Waals surface area contributed by atoms with Crippen molar-refractivity contribution in [2.45, 2.75) is 0 Å². The lowest BCUT2D eigenvalue weighted by molar-refractivity contribution is 0.0927. The minimum Gasteiger partial charge on any atom is -0.378 e. The number of hydrogen-bond donors (Lipinski definition) is 2. The van der Waals surface area contributed by atoms with Gasteiger partial charge in [-0.1, -0.05) is 0 Å². The van der Waals surface area contributed by atoms with Gasteiger partial charge in [0.25, 0.3) is 11.8 Å². The minimum atomic E-state index is -0.183. The molecule has 0 radical (unpaired) electrons. The van der Waals surface area contributed by atoms with E-state index in [-0.39, 0.29) is 11.8 Å². The maximum Gasteiger partial charge on any atom is 0.251 e. The van der Waals surface area contributed by atoms with Crippen molar-refractivity contribution >= 4 is 17.5 Å². The molecule has 0 spiro atoms. The molecule has 1 aromatic carbocycles. The molecule has 1 heterocycles. The fourth-order valence-electron chi connectivity index (χ4n) is 1.97. The Balaban J connectivity index is 1.75. The average Bonchev–Trinajstić information content (AvgIpc) is 2.59. The molecule has 2 rings (SSSR count). The second-order valence-electron chi connectivity index (χ2n) is 5.19. The van der Waals surface area contributed by atoms with E-state index in [1.807, 2.05) is 31.1 Å². The summed E-state index contributed by atoms with van der Waals surface area (Å²) in [6.07, 6.45) is 3.13. The van der Waals surface area contributed by atoms with Gasteiger partial charge in [0.15, 0.2) is 0 Å². The summed E-state index contributed by atoms with van der Waals surface area (Å²) in [4.78, 5) is 29.6. The van der Waals surface area contributed by atoms with Crippen LogP contribution in [0.15, 0.2) is 48.8 Å². The van der Waals surface area contributed by atoms with Crippen LogP contribution in [0.1, 0.15) is 20.7 Å². The summed E-state index contributed by atoms with van der Waals surface area (Å²) in [5.41, 5.74) is 2.17. The number of rotatable bonds is 6. The molecule has 0 aliphatic carbocycles. The molecule has 1 aromatic heterocycles. The molecule has 0 saturated heterocycles. The Morgan fingerprint density at radius 3 is 1.83 bits per heavy atom. The Morgan fingerprint density at radius 1 is 0.870 bits per heavy atom. The third-order valence-electron chi connectivity index (χ3n) is 3.28. The van der Waals surface area contributed by atoms with Gasteiger partial charge in [0.2, 0.25) is 0 Å². The standard InChI is InChI=1S/C17H20N4O2/c1-21(2)15-5-3-13(4-6-15)16(22)19-11-12-20-17(23)14-7-9-18-10-8-14/h3-10H,11-12H2,1-2H3,(H,19,22)(H,20,23). The summed E-state index contributed by atoms with van der Waals surface area (Å²) in [6, 6.07) is 10.6. The highest BCUT2D eigenvalue weighted by atomic mass is 16.2. The van der Waals surface area contributed by atoms with E-state index in [1.165, 1.54) is 0 Å². The maximum atomic E-state index is 12.0. The van der Waals surface area contributed by atoms with Crippen LogP contribution in [0.3, 0.4) is 0 Å². The molecule has 0 fully saturated rings. The van der Waals surface area contributed by atoms with Gasteiger partial charge in [-0.25, -0.2) is 0 Å². The number of anilines is 1. The predicted molar refractivity (Wildman–Crippen MR) is 89.7 cm³/mol. The summed E-state index contributed by atoms with van der Waals surface area (Å²) in [7, 11) is 3.89. The second-order valence-corrected chi connectivity index (χ2v) is 5.19. The van der Waals surface area contributed by atoms with E-state index in [1.54, 1.807) is 36.7 Å². The molecule has 120 valence electrons. The number of nitrogens with one attached hydrogen (secondary N) is 2. The highest BCUT2D eigenvalue weighted by Gasteiger charge is 2.06. The third-order valence-corrected chi connectivity index (χ3v) is 3.28. The van der Waals surface area contributed by atoms with E-state index in [9.17, 15) is 9.59 Å². The van der Waals surface area contributed by atoms with Gasteiger partial charge in [-0.2, -0.15) is 0 Å². The normalized spacial score (nSPS) is 10.0. The first-order valence-corrected chi connectivity index (χ1v) is 7.32. The lowest BCUT2D eigenvalue weighted by Gasteiger charge is -2.12. The monoisotopic (exact) mass is 312 g/mol. The first-order chi connectivity index (χ1) is 11.1. The zero-order chi connectivity index (χ0) is 16.7. The third kappa shape index (κ3) is 4.81. The molecule has 0 aliphatic heterocycles. The molecule has 6 nitrogen and oxygen atoms in total. The smallest absolute Gasteiger partial charge is 0.251 e. The second kappa shape index (κ2) is 7.93. The molecule has 2 amide bonds. The van der Waals surface area contributed by atoms with Crippen LogP contribution in [0.25, 0.3) is 0 Å². The first kappa shape index (κ1) is 16.5. The van der Waals surface area contributed by atoms with Crippen LogP contribution in [0, 0.1) is 0 Å². The van der Waals surface area contributed by atoms with Gasteiger partial charge in [-0.15, -0.1) is 0 Å². The van der Waals surface area contributed by atoms with E-state index in [4.69, 9.17) is 0 Å². The Kier molecular flexibility index (Phi) is 5.68. The van der Waals surface area contributed by atoms with Crippen LogP contribution in [0.2, 0.25) is 0 Å². The Morgan fingerprint density at radius 2 is 1.35 bits per heavy atom. The number of amides is 2. The van der Waals surface area contributed by atoms with Gasteiger partial charge in [0, 0.05) is 56.4 Å². The SMILES string of the molecule is CN(C)c1ccc(C(=O)NCCNC(=O)c2ccncc2)cc1. The van der Waals surface area contributed by atoms with Crippen LogP contribution < -0.4 is 15.5 Å². The lowest BCUT2D eigenvalue weighted by atomic mass is 10.2. The number of pyridine rings is 1. The average molecular weight is 312 g/mol. The van der Waals surface area contributed by atoms with Crippen LogP contribution in [0.4, 0.5) is 5.69 Å². The number of carbonyl (C=O) groups is 2. The molecule has 0 bridgehead atoms. The Bertz CT molecular complexity index is 654. The molecule has 0 unspecified atom stereocenters. The molecule has 23 heavy (non-hydrogen) atoms. The van der Waals surface area contributed by atoms with Gasteiger partial charge >= 0.3 is 0 Å². The molecule has 0 atom stereocenters. The topological polar surface area (TPSA) is 74.3 Å². The quantitative estimate of drug-likeness (QED) is 0.789. The first-order valence-electron chi connectivity index (χ1n) is 7.32. The summed E-state index contributed by atoms with van der Waals surface area (Å²) in [6.45, 7) is 0.730. The highest BCUT2D eigenvalue weighted by Crippen LogP contribution is 2.11. The van der Waals surface area contributed by atoms with Crippen LogP contribution in [-0.2, 0) is 0 Å². The van der Waals surface area contributed by atoms with E-state index in [0.717, 1.165) is 5.69 Å². The van der Waals surface area contributed by atoms with Crippen molar-refractivity contribution < 1.29 is 9.59 Å². The van der Waals surface area contributed by atoms with Crippen molar-refractivity contribution in [3.05, 3.63) is 59.9 Å². The van der Waals surface area contributed by atoms with Gasteiger partial charge in [0.05, 0.1) is 0 Å². The summed E-state index contributed by atoms with van der Waals surface area (Å²) >= 11 is 0. The molecule has 0 aliphatic rings. The highest BCUT2D eigenvalue weighted by molar-refractivity contribution is 5.95.